The summed E-state index contributed by atoms with van der Waals surface area (Å²) in [7, 11) is 0. The van der Waals surface area contributed by atoms with Gasteiger partial charge in [-0.05, 0) is 89.7 Å². The predicted octanol–water partition coefficient (Wildman–Crippen LogP) is 4.72. The molecule has 4 rings (SSSR count). The third-order valence-corrected chi connectivity index (χ3v) is 4.79. The molecular weight excluding hydrogens is 458 g/mol. The van der Waals surface area contributed by atoms with Crippen LogP contribution in [0.2, 0.25) is 0 Å². The Morgan fingerprint density at radius 1 is 1.04 bits per heavy atom. The van der Waals surface area contributed by atoms with Crippen LogP contribution in [0.5, 0.6) is 0 Å². The van der Waals surface area contributed by atoms with E-state index >= 15 is 0 Å². The smallest absolute Gasteiger partial charge is 0.255 e. The lowest BCUT2D eigenvalue weighted by atomic mass is 10.1. The van der Waals surface area contributed by atoms with Gasteiger partial charge in [0.2, 0.25) is 0 Å². The zero-order chi connectivity index (χ0) is 19.0. The molecule has 1 aromatic heterocycles. The Morgan fingerprint density at radius 2 is 1.74 bits per heavy atom. The van der Waals surface area contributed by atoms with Crippen molar-refractivity contribution < 1.29 is 9.18 Å². The average Bonchev–Trinajstić information content (AvgIpc) is 3.05. The van der Waals surface area contributed by atoms with Crippen LogP contribution in [0.4, 0.5) is 10.1 Å². The van der Waals surface area contributed by atoms with Gasteiger partial charge in [-0.15, -0.1) is 10.2 Å². The number of amides is 1. The van der Waals surface area contributed by atoms with Crippen LogP contribution in [0.3, 0.4) is 0 Å². The Bertz CT molecular complexity index is 1150. The minimum atomic E-state index is -0.313. The molecule has 0 aliphatic rings. The van der Waals surface area contributed by atoms with Gasteiger partial charge in [0.05, 0.1) is 5.69 Å². The number of aryl methyl sites for hydroxylation is 1. The summed E-state index contributed by atoms with van der Waals surface area (Å²) in [6.45, 7) is 1.90. The molecule has 0 radical (unpaired) electrons. The van der Waals surface area contributed by atoms with Gasteiger partial charge in [0, 0.05) is 14.8 Å². The van der Waals surface area contributed by atoms with Gasteiger partial charge in [-0.25, -0.2) is 4.39 Å². The maximum atomic E-state index is 13.1. The summed E-state index contributed by atoms with van der Waals surface area (Å²) in [6.07, 6.45) is 0. The molecule has 7 heteroatoms. The van der Waals surface area contributed by atoms with E-state index in [0.717, 1.165) is 9.13 Å². The van der Waals surface area contributed by atoms with Gasteiger partial charge in [0.1, 0.15) is 16.9 Å². The summed E-state index contributed by atoms with van der Waals surface area (Å²) < 4.78 is 14.1. The van der Waals surface area contributed by atoms with Crippen molar-refractivity contribution in [2.24, 2.45) is 0 Å². The van der Waals surface area contributed by atoms with Gasteiger partial charge in [-0.2, -0.15) is 4.80 Å². The summed E-state index contributed by atoms with van der Waals surface area (Å²) in [5.41, 5.74) is 4.16. The largest absolute Gasteiger partial charge is 0.322 e. The first-order chi connectivity index (χ1) is 13.0. The fourth-order valence-electron chi connectivity index (χ4n) is 2.72. The van der Waals surface area contributed by atoms with Crippen LogP contribution in [-0.4, -0.2) is 20.9 Å². The topological polar surface area (TPSA) is 59.8 Å². The molecule has 0 unspecified atom stereocenters. The molecule has 0 atom stereocenters. The van der Waals surface area contributed by atoms with E-state index in [0.29, 0.717) is 28.0 Å². The lowest BCUT2D eigenvalue weighted by Gasteiger charge is -2.08. The molecule has 0 bridgehead atoms. The highest BCUT2D eigenvalue weighted by Gasteiger charge is 2.12. The zero-order valence-electron chi connectivity index (χ0n) is 14.3. The van der Waals surface area contributed by atoms with E-state index in [1.807, 2.05) is 31.2 Å². The fourth-order valence-corrected chi connectivity index (χ4v) is 3.26. The van der Waals surface area contributed by atoms with Crippen molar-refractivity contribution in [3.8, 4) is 5.69 Å². The van der Waals surface area contributed by atoms with Gasteiger partial charge < -0.3 is 5.32 Å². The molecular formula is C20H14FIN4O. The van der Waals surface area contributed by atoms with Gasteiger partial charge in [-0.3, -0.25) is 4.79 Å². The SMILES string of the molecule is Cc1cc2nn(-c3ccc(F)cc3)nc2cc1NC(=O)c1cccc(I)c1. The van der Waals surface area contributed by atoms with Crippen molar-refractivity contribution in [3.05, 3.63) is 81.2 Å². The molecule has 0 saturated heterocycles. The van der Waals surface area contributed by atoms with Gasteiger partial charge in [-0.1, -0.05) is 6.07 Å². The van der Waals surface area contributed by atoms with E-state index in [4.69, 9.17) is 0 Å². The van der Waals surface area contributed by atoms with E-state index in [1.54, 1.807) is 24.3 Å². The summed E-state index contributed by atoms with van der Waals surface area (Å²) in [6, 6.07) is 17.0. The molecule has 5 nitrogen and oxygen atoms in total. The summed E-state index contributed by atoms with van der Waals surface area (Å²) >= 11 is 2.17. The van der Waals surface area contributed by atoms with Crippen molar-refractivity contribution in [2.75, 3.05) is 5.32 Å². The number of fused-ring (bicyclic) bond motifs is 1. The van der Waals surface area contributed by atoms with E-state index in [9.17, 15) is 9.18 Å². The summed E-state index contributed by atoms with van der Waals surface area (Å²) in [4.78, 5) is 14.0. The standard InChI is InChI=1S/C20H14FIN4O/c1-12-9-18-19(25-26(24-18)16-7-5-14(21)6-8-16)11-17(12)23-20(27)13-3-2-4-15(22)10-13/h2-11H,1H3,(H,23,27). The number of hydrogen-bond acceptors (Lipinski definition) is 3. The van der Waals surface area contributed by atoms with Crippen LogP contribution in [0.15, 0.2) is 60.7 Å². The number of carbonyl (C=O) groups is 1. The summed E-state index contributed by atoms with van der Waals surface area (Å²) in [5.74, 6) is -0.492. The predicted molar refractivity (Wildman–Crippen MR) is 111 cm³/mol. The van der Waals surface area contributed by atoms with Crippen molar-refractivity contribution in [1.82, 2.24) is 15.0 Å². The number of nitrogens with one attached hydrogen (secondary N) is 1. The molecule has 4 aromatic rings. The first kappa shape index (κ1) is 17.6. The van der Waals surface area contributed by atoms with Crippen LogP contribution in [0.1, 0.15) is 15.9 Å². The molecule has 0 saturated carbocycles. The monoisotopic (exact) mass is 472 g/mol. The number of hydrogen-bond donors (Lipinski definition) is 1. The Morgan fingerprint density at radius 3 is 2.44 bits per heavy atom. The van der Waals surface area contributed by atoms with Crippen molar-refractivity contribution >= 4 is 45.2 Å². The second-order valence-corrected chi connectivity index (χ2v) is 7.33. The minimum Gasteiger partial charge on any atom is -0.322 e. The Labute approximate surface area is 168 Å². The van der Waals surface area contributed by atoms with Crippen molar-refractivity contribution in [2.45, 2.75) is 6.92 Å². The second kappa shape index (κ2) is 7.07. The van der Waals surface area contributed by atoms with Crippen molar-refractivity contribution in [3.63, 3.8) is 0 Å². The van der Waals surface area contributed by atoms with Gasteiger partial charge >= 0.3 is 0 Å². The van der Waals surface area contributed by atoms with Crippen LogP contribution >= 0.6 is 22.6 Å². The Hall–Kier alpha value is -2.81. The normalized spacial score (nSPS) is 10.9. The molecule has 134 valence electrons. The number of benzene rings is 3. The number of carbonyl (C=O) groups excluding carboxylic acids is 1. The van der Waals surface area contributed by atoms with Crippen LogP contribution in [0.25, 0.3) is 16.7 Å². The maximum absolute atomic E-state index is 13.1. The maximum Gasteiger partial charge on any atom is 0.255 e. The van der Waals surface area contributed by atoms with E-state index < -0.39 is 0 Å². The number of halogens is 2. The highest BCUT2D eigenvalue weighted by molar-refractivity contribution is 14.1. The highest BCUT2D eigenvalue weighted by atomic mass is 127. The molecule has 1 N–H and O–H groups in total. The number of anilines is 1. The Kier molecular flexibility index (Phi) is 4.61. The molecule has 0 fully saturated rings. The average molecular weight is 472 g/mol. The van der Waals surface area contributed by atoms with E-state index in [2.05, 4.69) is 38.1 Å². The minimum absolute atomic E-state index is 0.179. The number of aromatic nitrogens is 3. The lowest BCUT2D eigenvalue weighted by molar-refractivity contribution is 0.102. The second-order valence-electron chi connectivity index (χ2n) is 6.09. The van der Waals surface area contributed by atoms with Crippen molar-refractivity contribution in [1.29, 1.82) is 0 Å². The third-order valence-electron chi connectivity index (χ3n) is 4.12. The number of nitrogens with zero attached hydrogens (tertiary/aromatic N) is 3. The quantitative estimate of drug-likeness (QED) is 0.439. The first-order valence-electron chi connectivity index (χ1n) is 8.20. The van der Waals surface area contributed by atoms with Crippen LogP contribution in [0, 0.1) is 16.3 Å². The molecule has 1 heterocycles. The third kappa shape index (κ3) is 3.68. The van der Waals surface area contributed by atoms with Crippen LogP contribution in [-0.2, 0) is 0 Å². The van der Waals surface area contributed by atoms with Crippen LogP contribution < -0.4 is 5.32 Å². The van der Waals surface area contributed by atoms with Gasteiger partial charge in [0.25, 0.3) is 5.91 Å². The highest BCUT2D eigenvalue weighted by Crippen LogP contribution is 2.23. The van der Waals surface area contributed by atoms with E-state index in [1.165, 1.54) is 16.9 Å². The number of rotatable bonds is 3. The van der Waals surface area contributed by atoms with E-state index in [-0.39, 0.29) is 11.7 Å². The summed E-state index contributed by atoms with van der Waals surface area (Å²) in [5, 5.41) is 11.8. The first-order valence-corrected chi connectivity index (χ1v) is 9.28. The Balaban J connectivity index is 1.67. The molecule has 0 aliphatic carbocycles. The molecule has 1 amide bonds. The molecule has 3 aromatic carbocycles. The zero-order valence-corrected chi connectivity index (χ0v) is 16.4. The molecule has 0 spiro atoms. The molecule has 27 heavy (non-hydrogen) atoms. The lowest BCUT2D eigenvalue weighted by Crippen LogP contribution is -2.12. The fraction of sp³-hybridized carbons (Fsp3) is 0.0500. The molecule has 0 aliphatic heterocycles. The van der Waals surface area contributed by atoms with Gasteiger partial charge in [0.15, 0.2) is 0 Å².